The van der Waals surface area contributed by atoms with Gasteiger partial charge in [-0.1, -0.05) is 12.1 Å². The van der Waals surface area contributed by atoms with Gasteiger partial charge in [0.25, 0.3) is 0 Å². The van der Waals surface area contributed by atoms with Crippen LogP contribution in [-0.2, 0) is 11.3 Å². The fourth-order valence-corrected chi connectivity index (χ4v) is 1.70. The summed E-state index contributed by atoms with van der Waals surface area (Å²) in [5, 5.41) is 9.13. The van der Waals surface area contributed by atoms with Gasteiger partial charge in [0.1, 0.15) is 17.9 Å². The largest absolute Gasteiger partial charge is 0.493 e. The van der Waals surface area contributed by atoms with Crippen LogP contribution in [0.3, 0.4) is 0 Å². The predicted octanol–water partition coefficient (Wildman–Crippen LogP) is 1.51. The Kier molecular flexibility index (Phi) is 4.70. The molecular formula is C14H18N4O2. The molecule has 0 aliphatic carbocycles. The predicted molar refractivity (Wildman–Crippen MR) is 74.3 cm³/mol. The van der Waals surface area contributed by atoms with Crippen LogP contribution in [0.2, 0.25) is 0 Å². The molecule has 0 fully saturated rings. The number of nitrogens with one attached hydrogen (secondary N) is 2. The van der Waals surface area contributed by atoms with Gasteiger partial charge in [0.2, 0.25) is 5.91 Å². The number of carbonyl (C=O) groups is 1. The Balaban J connectivity index is 1.72. The van der Waals surface area contributed by atoms with Gasteiger partial charge in [-0.3, -0.25) is 9.89 Å². The first kappa shape index (κ1) is 14.0. The number of nitrogens with zero attached hydrogens (tertiary/aromatic N) is 2. The maximum atomic E-state index is 11.6. The molecule has 1 aromatic heterocycles. The van der Waals surface area contributed by atoms with Crippen LogP contribution in [0.1, 0.15) is 23.4 Å². The summed E-state index contributed by atoms with van der Waals surface area (Å²) in [6, 6.07) is 6.02. The molecule has 0 unspecified atom stereocenters. The van der Waals surface area contributed by atoms with Gasteiger partial charge in [0, 0.05) is 0 Å². The fraction of sp³-hybridized carbons (Fsp3) is 0.357. The molecule has 6 heteroatoms. The summed E-state index contributed by atoms with van der Waals surface area (Å²) < 4.78 is 5.63. The molecule has 1 aromatic carbocycles. The summed E-state index contributed by atoms with van der Waals surface area (Å²) in [6.45, 7) is 4.70. The minimum absolute atomic E-state index is 0.0771. The van der Waals surface area contributed by atoms with E-state index in [1.165, 1.54) is 6.33 Å². The maximum Gasteiger partial charge on any atom is 0.223 e. The van der Waals surface area contributed by atoms with Crippen molar-refractivity contribution in [2.75, 3.05) is 6.61 Å². The van der Waals surface area contributed by atoms with Crippen LogP contribution in [0.5, 0.6) is 5.75 Å². The first-order valence-corrected chi connectivity index (χ1v) is 6.46. The number of hydrogen-bond donors (Lipinski definition) is 2. The molecule has 20 heavy (non-hydrogen) atoms. The first-order chi connectivity index (χ1) is 9.65. The van der Waals surface area contributed by atoms with E-state index < -0.39 is 0 Å². The van der Waals surface area contributed by atoms with Gasteiger partial charge in [-0.15, -0.1) is 0 Å². The number of benzene rings is 1. The van der Waals surface area contributed by atoms with Crippen molar-refractivity contribution >= 4 is 5.91 Å². The smallest absolute Gasteiger partial charge is 0.223 e. The third-order valence-electron chi connectivity index (χ3n) is 2.85. The molecular weight excluding hydrogens is 256 g/mol. The number of aromatic nitrogens is 3. The van der Waals surface area contributed by atoms with Crippen LogP contribution in [0.25, 0.3) is 0 Å². The lowest BCUT2D eigenvalue weighted by Crippen LogP contribution is -2.25. The molecule has 0 aliphatic heterocycles. The van der Waals surface area contributed by atoms with E-state index in [9.17, 15) is 4.79 Å². The Morgan fingerprint density at radius 1 is 1.40 bits per heavy atom. The highest BCUT2D eigenvalue weighted by atomic mass is 16.5. The highest BCUT2D eigenvalue weighted by Crippen LogP contribution is 2.19. The van der Waals surface area contributed by atoms with Crippen molar-refractivity contribution in [1.29, 1.82) is 0 Å². The molecule has 0 radical (unpaired) electrons. The number of H-pyrrole nitrogens is 1. The zero-order valence-corrected chi connectivity index (χ0v) is 11.6. The zero-order chi connectivity index (χ0) is 14.4. The van der Waals surface area contributed by atoms with E-state index in [4.69, 9.17) is 4.74 Å². The average Bonchev–Trinajstić information content (AvgIpc) is 2.93. The van der Waals surface area contributed by atoms with Gasteiger partial charge in [0.05, 0.1) is 19.6 Å². The molecule has 106 valence electrons. The summed E-state index contributed by atoms with van der Waals surface area (Å²) in [4.78, 5) is 15.6. The summed E-state index contributed by atoms with van der Waals surface area (Å²) in [5.74, 6) is 1.38. The van der Waals surface area contributed by atoms with E-state index in [0.29, 0.717) is 25.4 Å². The van der Waals surface area contributed by atoms with Crippen molar-refractivity contribution in [2.45, 2.75) is 26.8 Å². The molecule has 1 amide bonds. The molecule has 2 N–H and O–H groups in total. The molecule has 2 aromatic rings. The average molecular weight is 274 g/mol. The molecule has 0 aliphatic rings. The fourth-order valence-electron chi connectivity index (χ4n) is 1.70. The number of rotatable bonds is 6. The second-order valence-electron chi connectivity index (χ2n) is 4.58. The van der Waals surface area contributed by atoms with Crippen LogP contribution in [0.4, 0.5) is 0 Å². The van der Waals surface area contributed by atoms with Crippen molar-refractivity contribution in [1.82, 2.24) is 20.5 Å². The van der Waals surface area contributed by atoms with Crippen molar-refractivity contribution in [3.05, 3.63) is 41.5 Å². The SMILES string of the molecule is Cc1ccc(C)c(OCCC(=O)NCc2ncn[nH]2)c1. The number of carbonyl (C=O) groups excluding carboxylic acids is 1. The second-order valence-corrected chi connectivity index (χ2v) is 4.58. The maximum absolute atomic E-state index is 11.6. The third kappa shape index (κ3) is 4.08. The van der Waals surface area contributed by atoms with Crippen LogP contribution in [0, 0.1) is 13.8 Å². The lowest BCUT2D eigenvalue weighted by Gasteiger charge is -2.09. The lowest BCUT2D eigenvalue weighted by atomic mass is 10.1. The van der Waals surface area contributed by atoms with Crippen molar-refractivity contribution in [2.24, 2.45) is 0 Å². The summed E-state index contributed by atoms with van der Waals surface area (Å²) in [7, 11) is 0. The monoisotopic (exact) mass is 274 g/mol. The lowest BCUT2D eigenvalue weighted by molar-refractivity contribution is -0.121. The Morgan fingerprint density at radius 2 is 2.25 bits per heavy atom. The van der Waals surface area contributed by atoms with E-state index in [1.54, 1.807) is 0 Å². The van der Waals surface area contributed by atoms with Gasteiger partial charge in [-0.2, -0.15) is 5.10 Å². The molecule has 1 heterocycles. The number of ether oxygens (including phenoxy) is 1. The van der Waals surface area contributed by atoms with Crippen molar-refractivity contribution < 1.29 is 9.53 Å². The molecule has 0 spiro atoms. The number of aromatic amines is 1. The van der Waals surface area contributed by atoms with E-state index in [2.05, 4.69) is 20.5 Å². The molecule has 0 saturated heterocycles. The molecule has 2 rings (SSSR count). The summed E-state index contributed by atoms with van der Waals surface area (Å²) >= 11 is 0. The van der Waals surface area contributed by atoms with Crippen molar-refractivity contribution in [3.63, 3.8) is 0 Å². The Morgan fingerprint density at radius 3 is 3.00 bits per heavy atom. The van der Waals surface area contributed by atoms with Crippen LogP contribution < -0.4 is 10.1 Å². The molecule has 0 atom stereocenters. The van der Waals surface area contributed by atoms with Gasteiger partial charge >= 0.3 is 0 Å². The molecule has 6 nitrogen and oxygen atoms in total. The van der Waals surface area contributed by atoms with Gasteiger partial charge in [-0.05, 0) is 31.0 Å². The highest BCUT2D eigenvalue weighted by Gasteiger charge is 2.05. The number of aryl methyl sites for hydroxylation is 2. The quantitative estimate of drug-likeness (QED) is 0.836. The number of hydrogen-bond acceptors (Lipinski definition) is 4. The Labute approximate surface area is 117 Å². The standard InChI is InChI=1S/C14H18N4O2/c1-10-3-4-11(2)12(7-10)20-6-5-14(19)15-8-13-16-9-17-18-13/h3-4,7,9H,5-6,8H2,1-2H3,(H,15,19)(H,16,17,18). The second kappa shape index (κ2) is 6.70. The van der Waals surface area contributed by atoms with Gasteiger partial charge in [-0.25, -0.2) is 4.98 Å². The highest BCUT2D eigenvalue weighted by molar-refractivity contribution is 5.75. The van der Waals surface area contributed by atoms with Gasteiger partial charge in [0.15, 0.2) is 0 Å². The third-order valence-corrected chi connectivity index (χ3v) is 2.85. The van der Waals surface area contributed by atoms with E-state index >= 15 is 0 Å². The Hall–Kier alpha value is -2.37. The number of amides is 1. The minimum atomic E-state index is -0.0771. The Bertz CT molecular complexity index is 567. The molecule has 0 bridgehead atoms. The topological polar surface area (TPSA) is 79.9 Å². The van der Waals surface area contributed by atoms with Crippen molar-refractivity contribution in [3.8, 4) is 5.75 Å². The summed E-state index contributed by atoms with van der Waals surface area (Å²) in [6.07, 6.45) is 1.71. The van der Waals surface area contributed by atoms with Crippen LogP contribution in [-0.4, -0.2) is 27.7 Å². The minimum Gasteiger partial charge on any atom is -0.493 e. The normalized spacial score (nSPS) is 10.3. The molecule has 0 saturated carbocycles. The first-order valence-electron chi connectivity index (χ1n) is 6.46. The van der Waals surface area contributed by atoms with Crippen LogP contribution in [0.15, 0.2) is 24.5 Å². The summed E-state index contributed by atoms with van der Waals surface area (Å²) in [5.41, 5.74) is 2.21. The van der Waals surface area contributed by atoms with E-state index in [-0.39, 0.29) is 5.91 Å². The zero-order valence-electron chi connectivity index (χ0n) is 11.6. The van der Waals surface area contributed by atoms with Crippen LogP contribution >= 0.6 is 0 Å². The van der Waals surface area contributed by atoms with Gasteiger partial charge < -0.3 is 10.1 Å². The van der Waals surface area contributed by atoms with E-state index in [1.807, 2.05) is 32.0 Å². The van der Waals surface area contributed by atoms with E-state index in [0.717, 1.165) is 16.9 Å².